The van der Waals surface area contributed by atoms with Crippen LogP contribution in [-0.4, -0.2) is 0 Å². The van der Waals surface area contributed by atoms with Crippen molar-refractivity contribution in [2.24, 2.45) is 0 Å². The molecule has 2 aromatic heterocycles. The Labute approximate surface area is 144 Å². The fourth-order valence-corrected chi connectivity index (χ4v) is 3.95. The van der Waals surface area contributed by atoms with Gasteiger partial charge in [0, 0.05) is 11.6 Å². The Bertz CT molecular complexity index is 1300. The summed E-state index contributed by atoms with van der Waals surface area (Å²) in [6.07, 6.45) is 0. The molecule has 0 fully saturated rings. The van der Waals surface area contributed by atoms with Gasteiger partial charge in [-0.25, -0.2) is 0 Å². The van der Waals surface area contributed by atoms with Gasteiger partial charge in [-0.1, -0.05) is 48.5 Å². The van der Waals surface area contributed by atoms with E-state index in [4.69, 9.17) is 4.42 Å². The highest BCUT2D eigenvalue weighted by Crippen LogP contribution is 2.42. The molecule has 0 unspecified atom stereocenters. The number of fused-ring (bicyclic) bond motifs is 4. The van der Waals surface area contributed by atoms with E-state index in [0.29, 0.717) is 0 Å². The maximum Gasteiger partial charge on any atom is 0.380 e. The summed E-state index contributed by atoms with van der Waals surface area (Å²) in [4.78, 5) is 0. The normalized spacial score (nSPS) is 12.0. The van der Waals surface area contributed by atoms with Crippen molar-refractivity contribution < 1.29 is 8.82 Å². The fraction of sp³-hybridized carbons (Fsp3) is 0. The van der Waals surface area contributed by atoms with Crippen LogP contribution in [0.4, 0.5) is 0 Å². The van der Waals surface area contributed by atoms with Gasteiger partial charge in [-0.15, -0.1) is 4.40 Å². The topological polar surface area (TPSA) is 17.2 Å². The lowest BCUT2D eigenvalue weighted by Gasteiger charge is -2.01. The van der Waals surface area contributed by atoms with E-state index in [0.717, 1.165) is 22.7 Å². The standard InChI is InChI=1S/C23H14NO/c1-2-7-16-14-17(13-12-15(16)6-1)23-22-19-9-4-3-8-18(19)20-10-5-11-21(25-23)24(20)22/h1-14H/q+1. The van der Waals surface area contributed by atoms with Gasteiger partial charge < -0.3 is 4.42 Å². The molecule has 0 saturated heterocycles. The van der Waals surface area contributed by atoms with Crippen LogP contribution in [0, 0.1) is 0 Å². The quantitative estimate of drug-likeness (QED) is 0.366. The van der Waals surface area contributed by atoms with Gasteiger partial charge in [0.1, 0.15) is 0 Å². The molecule has 0 atom stereocenters. The third-order valence-corrected chi connectivity index (χ3v) is 5.07. The molecule has 3 aromatic carbocycles. The Balaban J connectivity index is 1.72. The van der Waals surface area contributed by atoms with Gasteiger partial charge in [0.05, 0.1) is 17.2 Å². The first-order chi connectivity index (χ1) is 12.4. The summed E-state index contributed by atoms with van der Waals surface area (Å²) in [6, 6.07) is 29.7. The Kier molecular flexibility index (Phi) is 2.37. The van der Waals surface area contributed by atoms with Crippen LogP contribution in [0.25, 0.3) is 50.3 Å². The molecular formula is C23H14NO+. The summed E-state index contributed by atoms with van der Waals surface area (Å²) in [5.41, 5.74) is 6.83. The van der Waals surface area contributed by atoms with Crippen molar-refractivity contribution in [2.75, 3.05) is 0 Å². The molecule has 6 rings (SSSR count). The van der Waals surface area contributed by atoms with Crippen LogP contribution in [-0.2, 0) is 0 Å². The van der Waals surface area contributed by atoms with Gasteiger partial charge in [0.2, 0.25) is 11.5 Å². The third kappa shape index (κ3) is 1.66. The first-order valence-electron chi connectivity index (χ1n) is 8.47. The minimum absolute atomic E-state index is 0.881. The smallest absolute Gasteiger partial charge is 0.380 e. The van der Waals surface area contributed by atoms with E-state index in [1.54, 1.807) is 0 Å². The minimum Gasteiger partial charge on any atom is -0.397 e. The zero-order valence-corrected chi connectivity index (χ0v) is 13.4. The predicted molar refractivity (Wildman–Crippen MR) is 99.2 cm³/mol. The van der Waals surface area contributed by atoms with Gasteiger partial charge >= 0.3 is 5.71 Å². The number of aromatic nitrogens is 1. The second kappa shape index (κ2) is 4.58. The number of pyridine rings is 1. The summed E-state index contributed by atoms with van der Waals surface area (Å²) in [7, 11) is 0. The first-order valence-corrected chi connectivity index (χ1v) is 8.47. The van der Waals surface area contributed by atoms with Crippen molar-refractivity contribution in [3.8, 4) is 33.8 Å². The van der Waals surface area contributed by atoms with E-state index in [1.165, 1.54) is 27.6 Å². The Hall–Kier alpha value is -3.39. The van der Waals surface area contributed by atoms with Gasteiger partial charge in [-0.05, 0) is 35.0 Å². The number of nitrogens with zero attached hydrogens (tertiary/aromatic N) is 1. The zero-order chi connectivity index (χ0) is 16.4. The molecule has 1 aliphatic heterocycles. The summed E-state index contributed by atoms with van der Waals surface area (Å²) < 4.78 is 8.52. The van der Waals surface area contributed by atoms with Crippen molar-refractivity contribution in [3.05, 3.63) is 84.9 Å². The molecule has 0 N–H and O–H groups in total. The Morgan fingerprint density at radius 1 is 0.640 bits per heavy atom. The molecule has 116 valence electrons. The van der Waals surface area contributed by atoms with E-state index in [9.17, 15) is 0 Å². The highest BCUT2D eigenvalue weighted by atomic mass is 16.3. The zero-order valence-electron chi connectivity index (χ0n) is 13.4. The first kappa shape index (κ1) is 13.0. The highest BCUT2D eigenvalue weighted by Gasteiger charge is 2.37. The van der Waals surface area contributed by atoms with E-state index in [-0.39, 0.29) is 0 Å². The van der Waals surface area contributed by atoms with Crippen LogP contribution in [0.15, 0.2) is 89.3 Å². The van der Waals surface area contributed by atoms with Crippen molar-refractivity contribution in [3.63, 3.8) is 0 Å². The Morgan fingerprint density at radius 2 is 1.44 bits per heavy atom. The summed E-state index contributed by atoms with van der Waals surface area (Å²) in [5, 5.41) is 2.47. The van der Waals surface area contributed by atoms with Crippen molar-refractivity contribution in [2.45, 2.75) is 0 Å². The second-order valence-corrected chi connectivity index (χ2v) is 6.47. The molecule has 0 amide bonds. The Morgan fingerprint density at radius 3 is 2.36 bits per heavy atom. The molecule has 0 spiro atoms. The number of hydrogen-bond acceptors (Lipinski definition) is 1. The van der Waals surface area contributed by atoms with Crippen LogP contribution in [0.5, 0.6) is 0 Å². The van der Waals surface area contributed by atoms with Crippen LogP contribution in [0.3, 0.4) is 0 Å². The number of rotatable bonds is 1. The average molecular weight is 320 g/mol. The van der Waals surface area contributed by atoms with Gasteiger partial charge in [0.15, 0.2) is 0 Å². The lowest BCUT2D eigenvalue weighted by Crippen LogP contribution is -2.20. The van der Waals surface area contributed by atoms with E-state index in [2.05, 4.69) is 83.3 Å². The lowest BCUT2D eigenvalue weighted by molar-refractivity contribution is -0.485. The van der Waals surface area contributed by atoms with Gasteiger partial charge in [-0.2, -0.15) is 0 Å². The summed E-state index contributed by atoms with van der Waals surface area (Å²) >= 11 is 0. The van der Waals surface area contributed by atoms with E-state index >= 15 is 0 Å². The van der Waals surface area contributed by atoms with Gasteiger partial charge in [0.25, 0.3) is 5.69 Å². The van der Waals surface area contributed by atoms with Crippen LogP contribution < -0.4 is 4.40 Å². The van der Waals surface area contributed by atoms with Crippen LogP contribution in [0.1, 0.15) is 0 Å². The maximum absolute atomic E-state index is 6.29. The number of hydrogen-bond donors (Lipinski definition) is 0. The molecule has 3 heterocycles. The van der Waals surface area contributed by atoms with Gasteiger partial charge in [-0.3, -0.25) is 0 Å². The minimum atomic E-state index is 0.881. The number of benzene rings is 3. The molecule has 0 aliphatic carbocycles. The molecule has 5 aromatic rings. The van der Waals surface area contributed by atoms with E-state index < -0.39 is 0 Å². The van der Waals surface area contributed by atoms with Crippen LogP contribution >= 0.6 is 0 Å². The molecular weight excluding hydrogens is 306 g/mol. The third-order valence-electron chi connectivity index (χ3n) is 5.07. The maximum atomic E-state index is 6.29. The summed E-state index contributed by atoms with van der Waals surface area (Å²) in [5.74, 6) is 0.933. The largest absolute Gasteiger partial charge is 0.397 e. The van der Waals surface area contributed by atoms with Crippen molar-refractivity contribution in [1.82, 2.24) is 0 Å². The van der Waals surface area contributed by atoms with Crippen LogP contribution in [0.2, 0.25) is 0 Å². The average Bonchev–Trinajstić information content (AvgIpc) is 3.22. The molecule has 0 radical (unpaired) electrons. The molecule has 1 aliphatic rings. The molecule has 25 heavy (non-hydrogen) atoms. The molecule has 2 nitrogen and oxygen atoms in total. The fourth-order valence-electron chi connectivity index (χ4n) is 3.95. The van der Waals surface area contributed by atoms with E-state index in [1.807, 2.05) is 6.07 Å². The van der Waals surface area contributed by atoms with Crippen molar-refractivity contribution in [1.29, 1.82) is 0 Å². The highest BCUT2D eigenvalue weighted by molar-refractivity contribution is 5.92. The monoisotopic (exact) mass is 320 g/mol. The SMILES string of the molecule is c1ccc2c(c1)-c1cccc3oc(-c4ccc5ccccc5c4)c-2[n+]13. The summed E-state index contributed by atoms with van der Waals surface area (Å²) in [6.45, 7) is 0. The molecule has 0 bridgehead atoms. The van der Waals surface area contributed by atoms with Crippen molar-refractivity contribution >= 4 is 16.5 Å². The lowest BCUT2D eigenvalue weighted by atomic mass is 10.0. The molecule has 0 saturated carbocycles. The second-order valence-electron chi connectivity index (χ2n) is 6.47. The predicted octanol–water partition coefficient (Wildman–Crippen LogP) is 5.49. The number of oxazole rings is 1. The molecule has 2 heteroatoms.